The first kappa shape index (κ1) is 33.6. The largest absolute Gasteiger partial charge is 0.382 e. The van der Waals surface area contributed by atoms with Crippen molar-refractivity contribution in [3.05, 3.63) is 34.8 Å². The average Bonchev–Trinajstić information content (AvgIpc) is 2.95. The highest BCUT2D eigenvalue weighted by molar-refractivity contribution is 6.03. The molecule has 0 amide bonds. The molecule has 0 bridgehead atoms. The van der Waals surface area contributed by atoms with Crippen molar-refractivity contribution >= 4 is 23.4 Å². The van der Waals surface area contributed by atoms with E-state index in [0.29, 0.717) is 25.2 Å². The van der Waals surface area contributed by atoms with Crippen LogP contribution in [0.15, 0.2) is 28.6 Å². The summed E-state index contributed by atoms with van der Waals surface area (Å²) in [6.45, 7) is 28.7. The molecule has 45 heavy (non-hydrogen) atoms. The first-order chi connectivity index (χ1) is 20.7. The molecule has 246 valence electrons. The molecule has 0 aliphatic heterocycles. The summed E-state index contributed by atoms with van der Waals surface area (Å²) in [4.78, 5) is 51.5. The number of carbonyl (C=O) groups excluding carboxylic acids is 3. The van der Waals surface area contributed by atoms with Crippen molar-refractivity contribution in [1.29, 1.82) is 0 Å². The van der Waals surface area contributed by atoms with Crippen LogP contribution in [0.2, 0.25) is 0 Å². The van der Waals surface area contributed by atoms with Crippen molar-refractivity contribution in [1.82, 2.24) is 0 Å². The molecule has 5 rings (SSSR count). The minimum Gasteiger partial charge on any atom is -0.382 e. The maximum Gasteiger partial charge on any atom is 0.341 e. The summed E-state index contributed by atoms with van der Waals surface area (Å²) >= 11 is 0. The van der Waals surface area contributed by atoms with E-state index in [2.05, 4.69) is 44.6 Å². The molecule has 0 aromatic carbocycles. The molecule has 3 saturated carbocycles. The smallest absolute Gasteiger partial charge is 0.341 e. The predicted molar refractivity (Wildman–Crippen MR) is 173 cm³/mol. The Kier molecular flexibility index (Phi) is 7.92. The van der Waals surface area contributed by atoms with Gasteiger partial charge >= 0.3 is 5.97 Å². The first-order valence-corrected chi connectivity index (χ1v) is 16.8. The van der Waals surface area contributed by atoms with E-state index in [4.69, 9.17) is 21.9 Å². The molecule has 0 unspecified atom stereocenters. The molecule has 0 saturated heterocycles. The second kappa shape index (κ2) is 10.6. The molecule has 8 heteroatoms. The second-order valence-corrected chi connectivity index (χ2v) is 17.2. The van der Waals surface area contributed by atoms with Gasteiger partial charge in [0.05, 0.1) is 17.6 Å². The Bertz CT molecular complexity index is 1440. The normalized spacial score (nSPS) is 42.6. The van der Waals surface area contributed by atoms with Gasteiger partial charge < -0.3 is 20.1 Å². The van der Waals surface area contributed by atoms with Gasteiger partial charge in [0.2, 0.25) is 5.70 Å². The van der Waals surface area contributed by atoms with Gasteiger partial charge in [0.1, 0.15) is 6.61 Å². The molecule has 2 N–H and O–H groups in total. The molecule has 0 radical (unpaired) electrons. The average molecular weight is 620 g/mol. The molecular formula is C37H53N3O5. The molecule has 9 atom stereocenters. The number of Topliss-reactive ketones (excluding diaryl/α,β-unsaturated/α-hetero) is 1. The van der Waals surface area contributed by atoms with Crippen molar-refractivity contribution in [2.75, 3.05) is 6.61 Å². The fraction of sp³-hybridized carbons (Fsp3) is 0.757. The van der Waals surface area contributed by atoms with Crippen molar-refractivity contribution in [2.45, 2.75) is 113 Å². The molecule has 0 aromatic rings. The number of rotatable bonds is 4. The maximum absolute atomic E-state index is 14.7. The lowest BCUT2D eigenvalue weighted by Crippen LogP contribution is -2.66. The Morgan fingerprint density at radius 3 is 2.36 bits per heavy atom. The summed E-state index contributed by atoms with van der Waals surface area (Å²) in [5.74, 6) is -0.447. The fourth-order valence-corrected chi connectivity index (χ4v) is 10.7. The molecule has 0 aromatic heterocycles. The zero-order valence-corrected chi connectivity index (χ0v) is 29.0. The SMILES string of the molecule is [C-]#[N+]C1=C[C@]2(C)C3=CC(=O)[C@@H]4[C@@H]5[C@@H](C)[C@H](C)CC[C@]5(C(=O)O/N=C(\N)COC(C)(C)C)CC[C@@]4(C)[C@]3(C)CC[C@H]2C(C)(C)C1=O. The molecule has 3 fully saturated rings. The number of amidine groups is 1. The van der Waals surface area contributed by atoms with Crippen LogP contribution in [0.25, 0.3) is 4.85 Å². The first-order valence-electron chi connectivity index (χ1n) is 16.8. The van der Waals surface area contributed by atoms with Crippen LogP contribution in [-0.2, 0) is 24.0 Å². The Morgan fingerprint density at radius 1 is 1.07 bits per heavy atom. The Balaban J connectivity index is 1.58. The Hall–Kier alpha value is -2.79. The monoisotopic (exact) mass is 619 g/mol. The molecule has 8 nitrogen and oxygen atoms in total. The number of ketones is 2. The summed E-state index contributed by atoms with van der Waals surface area (Å²) in [5, 5.41) is 4.01. The fourth-order valence-electron chi connectivity index (χ4n) is 10.7. The van der Waals surface area contributed by atoms with Crippen LogP contribution >= 0.6 is 0 Å². The van der Waals surface area contributed by atoms with E-state index < -0.39 is 33.2 Å². The van der Waals surface area contributed by atoms with Crippen molar-refractivity contribution < 1.29 is 24.0 Å². The lowest BCUT2D eigenvalue weighted by Gasteiger charge is -2.69. The third-order valence-corrected chi connectivity index (χ3v) is 13.5. The second-order valence-electron chi connectivity index (χ2n) is 17.2. The van der Waals surface area contributed by atoms with Crippen molar-refractivity contribution in [3.8, 4) is 0 Å². The Morgan fingerprint density at radius 2 is 1.73 bits per heavy atom. The van der Waals surface area contributed by atoms with Crippen LogP contribution in [0, 0.1) is 63.2 Å². The number of oxime groups is 1. The van der Waals surface area contributed by atoms with E-state index in [1.54, 1.807) is 0 Å². The van der Waals surface area contributed by atoms with E-state index in [0.717, 1.165) is 24.8 Å². The number of hydrogen-bond acceptors (Lipinski definition) is 6. The van der Waals surface area contributed by atoms with Gasteiger partial charge in [-0.25, -0.2) is 9.64 Å². The van der Waals surface area contributed by atoms with Gasteiger partial charge in [-0.3, -0.25) is 4.79 Å². The third kappa shape index (κ3) is 4.77. The van der Waals surface area contributed by atoms with E-state index in [1.807, 2.05) is 46.8 Å². The summed E-state index contributed by atoms with van der Waals surface area (Å²) in [6.07, 6.45) is 8.25. The predicted octanol–water partition coefficient (Wildman–Crippen LogP) is 7.05. The maximum atomic E-state index is 14.7. The lowest BCUT2D eigenvalue weighted by atomic mass is 9.34. The van der Waals surface area contributed by atoms with E-state index in [1.165, 1.54) is 0 Å². The number of allylic oxidation sites excluding steroid dienone is 4. The highest BCUT2D eigenvalue weighted by Gasteiger charge is 2.71. The number of nitrogens with two attached hydrogens (primary N) is 1. The van der Waals surface area contributed by atoms with Crippen molar-refractivity contribution in [3.63, 3.8) is 0 Å². The van der Waals surface area contributed by atoms with Gasteiger partial charge in [-0.15, -0.1) is 0 Å². The molecule has 0 spiro atoms. The summed E-state index contributed by atoms with van der Waals surface area (Å²) < 4.78 is 5.71. The van der Waals surface area contributed by atoms with E-state index >= 15 is 0 Å². The molecule has 5 aliphatic rings. The number of carbonyl (C=O) groups is 3. The van der Waals surface area contributed by atoms with E-state index in [9.17, 15) is 14.4 Å². The summed E-state index contributed by atoms with van der Waals surface area (Å²) in [6, 6.07) is 0. The highest BCUT2D eigenvalue weighted by Crippen LogP contribution is 2.74. The third-order valence-electron chi connectivity index (χ3n) is 13.5. The molecule has 5 aliphatic carbocycles. The number of nitrogens with zero attached hydrogens (tertiary/aromatic N) is 2. The van der Waals surface area contributed by atoms with Crippen LogP contribution in [0.5, 0.6) is 0 Å². The molecule has 0 heterocycles. The minimum absolute atomic E-state index is 0.00727. The topological polar surface area (TPSA) is 112 Å². The van der Waals surface area contributed by atoms with Crippen molar-refractivity contribution in [2.24, 2.45) is 67.6 Å². The van der Waals surface area contributed by atoms with Gasteiger partial charge in [-0.05, 0) is 99.9 Å². The zero-order chi connectivity index (χ0) is 33.5. The van der Waals surface area contributed by atoms with Crippen LogP contribution in [0.3, 0.4) is 0 Å². The molecular weight excluding hydrogens is 566 g/mol. The summed E-state index contributed by atoms with van der Waals surface area (Å²) in [7, 11) is 0. The van der Waals surface area contributed by atoms with Gasteiger partial charge in [0.25, 0.3) is 0 Å². The van der Waals surface area contributed by atoms with Gasteiger partial charge in [0.15, 0.2) is 17.4 Å². The number of fused-ring (bicyclic) bond motifs is 7. The zero-order valence-electron chi connectivity index (χ0n) is 29.0. The lowest BCUT2D eigenvalue weighted by molar-refractivity contribution is -0.197. The Labute approximate surface area is 269 Å². The van der Waals surface area contributed by atoms with Crippen LogP contribution < -0.4 is 5.73 Å². The standard InChI is InChI=1S/C37H53N3O5/c1-21-12-15-37(31(43)45-40-27(38)20-44-32(3,4)5)17-16-36(10)29(28(37)22(21)2)24(41)18-26-34(8)19-23(39-11)30(42)33(6,7)25(34)13-14-35(26,36)9/h18-19,21-22,25,28-29H,12-17,20H2,1-10H3,(H2,38,40)/t21-,22+,25+,28+,29-,34+,35-,36-,37+/m1/s1. The quantitative estimate of drug-likeness (QED) is 0.119. The van der Waals surface area contributed by atoms with Crippen LogP contribution in [-0.4, -0.2) is 35.6 Å². The van der Waals surface area contributed by atoms with Crippen LogP contribution in [0.1, 0.15) is 108 Å². The minimum atomic E-state index is -0.834. The highest BCUT2D eigenvalue weighted by atomic mass is 16.7. The van der Waals surface area contributed by atoms with E-state index in [-0.39, 0.29) is 58.8 Å². The summed E-state index contributed by atoms with van der Waals surface area (Å²) in [5.41, 5.74) is 4.00. The van der Waals surface area contributed by atoms with Gasteiger partial charge in [-0.2, -0.15) is 0 Å². The number of hydrogen-bond donors (Lipinski definition) is 1. The number of ether oxygens (including phenoxy) is 1. The van der Waals surface area contributed by atoms with Gasteiger partial charge in [0, 0.05) is 16.7 Å². The van der Waals surface area contributed by atoms with Crippen LogP contribution in [0.4, 0.5) is 0 Å². The van der Waals surface area contributed by atoms with Gasteiger partial charge in [-0.1, -0.05) is 65.3 Å².